The number of thiazole rings is 1. The number of nitrogens with zero attached hydrogens (tertiary/aromatic N) is 1. The summed E-state index contributed by atoms with van der Waals surface area (Å²) in [7, 11) is -1.64. The van der Waals surface area contributed by atoms with Crippen molar-refractivity contribution in [2.45, 2.75) is 52.1 Å². The maximum atomic E-state index is 6.11. The SMILES string of the molecule is CC(C)(C)[Si](C)(C)OCc1cnc(CN)s1. The van der Waals surface area contributed by atoms with Crippen LogP contribution in [-0.2, 0) is 17.6 Å². The summed E-state index contributed by atoms with van der Waals surface area (Å²) < 4.78 is 6.11. The third-order valence-electron chi connectivity index (χ3n) is 3.16. The van der Waals surface area contributed by atoms with Crippen LogP contribution in [0.15, 0.2) is 6.20 Å². The molecule has 5 heteroatoms. The van der Waals surface area contributed by atoms with Crippen LogP contribution < -0.4 is 5.73 Å². The fourth-order valence-corrected chi connectivity index (χ4v) is 2.75. The molecular weight excluding hydrogens is 236 g/mol. The molecule has 0 unspecified atom stereocenters. The summed E-state index contributed by atoms with van der Waals surface area (Å²) in [6.07, 6.45) is 1.88. The highest BCUT2D eigenvalue weighted by Crippen LogP contribution is 2.37. The van der Waals surface area contributed by atoms with Crippen molar-refractivity contribution >= 4 is 19.7 Å². The highest BCUT2D eigenvalue weighted by molar-refractivity contribution is 7.11. The van der Waals surface area contributed by atoms with E-state index in [-0.39, 0.29) is 5.04 Å². The molecule has 1 rings (SSSR count). The maximum absolute atomic E-state index is 6.11. The molecule has 0 atom stereocenters. The van der Waals surface area contributed by atoms with Gasteiger partial charge in [-0.25, -0.2) is 4.98 Å². The van der Waals surface area contributed by atoms with E-state index < -0.39 is 8.32 Å². The van der Waals surface area contributed by atoms with Gasteiger partial charge in [-0.1, -0.05) is 20.8 Å². The van der Waals surface area contributed by atoms with Gasteiger partial charge in [-0.3, -0.25) is 0 Å². The summed E-state index contributed by atoms with van der Waals surface area (Å²) in [5.41, 5.74) is 5.53. The first kappa shape index (κ1) is 13.8. The molecule has 0 aliphatic rings. The van der Waals surface area contributed by atoms with E-state index in [0.29, 0.717) is 13.2 Å². The normalized spacial score (nSPS) is 13.1. The lowest BCUT2D eigenvalue weighted by Crippen LogP contribution is -2.40. The van der Waals surface area contributed by atoms with Gasteiger partial charge >= 0.3 is 0 Å². The van der Waals surface area contributed by atoms with E-state index in [9.17, 15) is 0 Å². The number of rotatable bonds is 4. The zero-order valence-corrected chi connectivity index (χ0v) is 12.6. The van der Waals surface area contributed by atoms with Gasteiger partial charge in [0.2, 0.25) is 0 Å². The number of hydrogen-bond acceptors (Lipinski definition) is 4. The van der Waals surface area contributed by atoms with Crippen molar-refractivity contribution in [3.05, 3.63) is 16.1 Å². The first-order valence-corrected chi connectivity index (χ1v) is 9.26. The van der Waals surface area contributed by atoms with Crippen molar-refractivity contribution in [1.82, 2.24) is 4.98 Å². The van der Waals surface area contributed by atoms with Gasteiger partial charge in [0.1, 0.15) is 5.01 Å². The minimum atomic E-state index is -1.64. The van der Waals surface area contributed by atoms with E-state index in [4.69, 9.17) is 10.2 Å². The van der Waals surface area contributed by atoms with E-state index >= 15 is 0 Å². The molecule has 3 nitrogen and oxygen atoms in total. The first-order chi connectivity index (χ1) is 7.26. The Bertz CT molecular complexity index is 344. The van der Waals surface area contributed by atoms with E-state index in [1.165, 1.54) is 4.88 Å². The van der Waals surface area contributed by atoms with Crippen LogP contribution in [0.2, 0.25) is 18.1 Å². The van der Waals surface area contributed by atoms with E-state index in [0.717, 1.165) is 5.01 Å². The molecule has 16 heavy (non-hydrogen) atoms. The lowest BCUT2D eigenvalue weighted by molar-refractivity contribution is 0.279. The van der Waals surface area contributed by atoms with Gasteiger partial charge in [0.05, 0.1) is 6.61 Å². The van der Waals surface area contributed by atoms with Gasteiger partial charge in [-0.2, -0.15) is 0 Å². The van der Waals surface area contributed by atoms with Crippen molar-refractivity contribution in [1.29, 1.82) is 0 Å². The van der Waals surface area contributed by atoms with Gasteiger partial charge in [0.15, 0.2) is 8.32 Å². The predicted molar refractivity (Wildman–Crippen MR) is 72.0 cm³/mol. The summed E-state index contributed by atoms with van der Waals surface area (Å²) in [5, 5.41) is 1.24. The molecular formula is C11H22N2OSSi. The average molecular weight is 258 g/mol. The lowest BCUT2D eigenvalue weighted by Gasteiger charge is -2.35. The molecule has 2 N–H and O–H groups in total. The van der Waals surface area contributed by atoms with Crippen molar-refractivity contribution in [2.24, 2.45) is 5.73 Å². The van der Waals surface area contributed by atoms with Gasteiger partial charge < -0.3 is 10.2 Å². The third kappa shape index (κ3) is 3.38. The van der Waals surface area contributed by atoms with Gasteiger partial charge in [-0.15, -0.1) is 11.3 Å². The molecule has 0 fully saturated rings. The number of nitrogens with two attached hydrogens (primary N) is 1. The molecule has 0 aliphatic carbocycles. The Morgan fingerprint density at radius 1 is 1.44 bits per heavy atom. The van der Waals surface area contributed by atoms with Gasteiger partial charge in [0, 0.05) is 17.6 Å². The van der Waals surface area contributed by atoms with Crippen molar-refractivity contribution in [3.8, 4) is 0 Å². The molecule has 0 spiro atoms. The van der Waals surface area contributed by atoms with Crippen molar-refractivity contribution < 1.29 is 4.43 Å². The zero-order valence-electron chi connectivity index (χ0n) is 10.8. The molecule has 1 aromatic rings. The molecule has 1 aromatic heterocycles. The second-order valence-electron chi connectivity index (χ2n) is 5.47. The van der Waals surface area contributed by atoms with Crippen LogP contribution >= 0.6 is 11.3 Å². The Morgan fingerprint density at radius 2 is 2.06 bits per heavy atom. The molecule has 0 saturated carbocycles. The van der Waals surface area contributed by atoms with Gasteiger partial charge in [-0.05, 0) is 18.1 Å². The van der Waals surface area contributed by atoms with Gasteiger partial charge in [0.25, 0.3) is 0 Å². The van der Waals surface area contributed by atoms with Crippen molar-refractivity contribution in [3.63, 3.8) is 0 Å². The minimum absolute atomic E-state index is 0.258. The topological polar surface area (TPSA) is 48.1 Å². The molecule has 92 valence electrons. The Hall–Kier alpha value is -0.233. The zero-order chi connectivity index (χ0) is 12.4. The van der Waals surface area contributed by atoms with E-state index in [1.807, 2.05) is 6.20 Å². The van der Waals surface area contributed by atoms with Crippen LogP contribution in [0.4, 0.5) is 0 Å². The monoisotopic (exact) mass is 258 g/mol. The first-order valence-electron chi connectivity index (χ1n) is 5.54. The second-order valence-corrected chi connectivity index (χ2v) is 11.5. The number of aromatic nitrogens is 1. The molecule has 0 radical (unpaired) electrons. The fourth-order valence-electron chi connectivity index (χ4n) is 0.977. The smallest absolute Gasteiger partial charge is 0.192 e. The Balaban J connectivity index is 2.57. The summed E-state index contributed by atoms with van der Waals surface area (Å²) in [5.74, 6) is 0. The van der Waals surface area contributed by atoms with Crippen LogP contribution in [0.25, 0.3) is 0 Å². The Labute approximate surface area is 103 Å². The largest absolute Gasteiger partial charge is 0.412 e. The standard InChI is InChI=1S/C11H22N2OSSi/c1-11(2,3)16(4,5)14-8-9-7-13-10(6-12)15-9/h7H,6,8,12H2,1-5H3. The quantitative estimate of drug-likeness (QED) is 0.844. The summed E-state index contributed by atoms with van der Waals surface area (Å²) in [6.45, 7) is 12.5. The van der Waals surface area contributed by atoms with E-state index in [2.05, 4.69) is 38.8 Å². The van der Waals surface area contributed by atoms with Crippen LogP contribution in [0.1, 0.15) is 30.7 Å². The lowest BCUT2D eigenvalue weighted by atomic mass is 10.2. The average Bonchev–Trinajstić information content (AvgIpc) is 2.60. The highest BCUT2D eigenvalue weighted by atomic mass is 32.1. The van der Waals surface area contributed by atoms with Crippen LogP contribution in [0, 0.1) is 0 Å². The molecule has 1 heterocycles. The van der Waals surface area contributed by atoms with Crippen LogP contribution in [-0.4, -0.2) is 13.3 Å². The molecule has 0 bridgehead atoms. The number of hydrogen-bond donors (Lipinski definition) is 1. The molecule has 0 amide bonds. The molecule has 0 saturated heterocycles. The summed E-state index contributed by atoms with van der Waals surface area (Å²) in [4.78, 5) is 5.40. The third-order valence-corrected chi connectivity index (χ3v) is 8.63. The van der Waals surface area contributed by atoms with Crippen LogP contribution in [0.5, 0.6) is 0 Å². The minimum Gasteiger partial charge on any atom is -0.412 e. The second kappa shape index (κ2) is 4.95. The Morgan fingerprint density at radius 3 is 2.50 bits per heavy atom. The summed E-state index contributed by atoms with van der Waals surface area (Å²) in [6, 6.07) is 0. The predicted octanol–water partition coefficient (Wildman–Crippen LogP) is 3.12. The maximum Gasteiger partial charge on any atom is 0.192 e. The van der Waals surface area contributed by atoms with E-state index in [1.54, 1.807) is 11.3 Å². The summed E-state index contributed by atoms with van der Waals surface area (Å²) >= 11 is 1.65. The fraction of sp³-hybridized carbons (Fsp3) is 0.727. The Kier molecular flexibility index (Phi) is 4.28. The van der Waals surface area contributed by atoms with Crippen molar-refractivity contribution in [2.75, 3.05) is 0 Å². The molecule has 0 aromatic carbocycles. The van der Waals surface area contributed by atoms with Crippen LogP contribution in [0.3, 0.4) is 0 Å². The highest BCUT2D eigenvalue weighted by Gasteiger charge is 2.37. The molecule has 0 aliphatic heterocycles.